The molecule has 6 heteroatoms. The van der Waals surface area contributed by atoms with Crippen LogP contribution in [0, 0.1) is 0 Å². The molecule has 2 rings (SSSR count). The van der Waals surface area contributed by atoms with Gasteiger partial charge in [0, 0.05) is 18.3 Å². The van der Waals surface area contributed by atoms with E-state index in [1.54, 1.807) is 6.20 Å². The number of nitrogens with zero attached hydrogens (tertiary/aromatic N) is 2. The molecule has 130 valence electrons. The molecule has 5 nitrogen and oxygen atoms in total. The van der Waals surface area contributed by atoms with Crippen LogP contribution in [0.15, 0.2) is 30.5 Å². The maximum atomic E-state index is 12.6. The van der Waals surface area contributed by atoms with E-state index in [1.807, 2.05) is 56.8 Å². The van der Waals surface area contributed by atoms with E-state index in [0.29, 0.717) is 22.8 Å². The molecular weight excluding hydrogens is 324 g/mol. The highest BCUT2D eigenvalue weighted by Gasteiger charge is 2.23. The van der Waals surface area contributed by atoms with Gasteiger partial charge >= 0.3 is 0 Å². The molecule has 2 aromatic rings. The summed E-state index contributed by atoms with van der Waals surface area (Å²) in [6.07, 6.45) is 2.67. The smallest absolute Gasteiger partial charge is 0.255 e. The maximum absolute atomic E-state index is 12.6. The van der Waals surface area contributed by atoms with Crippen LogP contribution in [-0.4, -0.2) is 35.8 Å². The Morgan fingerprint density at radius 2 is 1.96 bits per heavy atom. The molecule has 0 aliphatic heterocycles. The third kappa shape index (κ3) is 4.36. The molecule has 0 saturated carbocycles. The van der Waals surface area contributed by atoms with E-state index in [1.165, 1.54) is 0 Å². The van der Waals surface area contributed by atoms with Gasteiger partial charge in [0.2, 0.25) is 0 Å². The average molecular weight is 349 g/mol. The van der Waals surface area contributed by atoms with Gasteiger partial charge in [-0.05, 0) is 46.9 Å². The Morgan fingerprint density at radius 3 is 2.58 bits per heavy atom. The number of carbonyl (C=O) groups excluding carboxylic acids is 1. The number of hydrogen-bond donors (Lipinski definition) is 2. The molecule has 0 aliphatic carbocycles. The Hall–Kier alpha value is -1.85. The van der Waals surface area contributed by atoms with Gasteiger partial charge in [0.15, 0.2) is 0 Å². The highest BCUT2D eigenvalue weighted by molar-refractivity contribution is 6.33. The zero-order valence-electron chi connectivity index (χ0n) is 14.7. The number of carbonyl (C=O) groups is 1. The zero-order chi connectivity index (χ0) is 17.7. The van der Waals surface area contributed by atoms with E-state index in [2.05, 4.69) is 15.7 Å². The van der Waals surface area contributed by atoms with Gasteiger partial charge in [-0.1, -0.05) is 29.8 Å². The van der Waals surface area contributed by atoms with Crippen LogP contribution in [0.2, 0.25) is 5.02 Å². The van der Waals surface area contributed by atoms with Crippen LogP contribution in [0.4, 0.5) is 0 Å². The van der Waals surface area contributed by atoms with E-state index in [0.717, 1.165) is 18.5 Å². The first-order valence-electron chi connectivity index (χ1n) is 8.12. The normalized spacial score (nSPS) is 11.5. The number of hydrogen-bond acceptors (Lipinski definition) is 3. The van der Waals surface area contributed by atoms with Gasteiger partial charge in [0.05, 0.1) is 16.1 Å². The van der Waals surface area contributed by atoms with Crippen molar-refractivity contribution in [2.45, 2.75) is 32.7 Å². The lowest BCUT2D eigenvalue weighted by Gasteiger charge is -2.18. The van der Waals surface area contributed by atoms with Crippen molar-refractivity contribution in [3.63, 3.8) is 0 Å². The molecule has 1 amide bonds. The fourth-order valence-electron chi connectivity index (χ4n) is 2.30. The Balaban J connectivity index is 2.37. The Bertz CT molecular complexity index is 703. The van der Waals surface area contributed by atoms with Crippen molar-refractivity contribution < 1.29 is 4.79 Å². The molecule has 2 N–H and O–H groups in total. The predicted molar refractivity (Wildman–Crippen MR) is 98.5 cm³/mol. The van der Waals surface area contributed by atoms with Gasteiger partial charge in [-0.25, -0.2) is 0 Å². The van der Waals surface area contributed by atoms with E-state index < -0.39 is 0 Å². The van der Waals surface area contributed by atoms with E-state index in [4.69, 9.17) is 11.6 Å². The van der Waals surface area contributed by atoms with Crippen LogP contribution in [0.25, 0.3) is 11.3 Å². The molecule has 0 spiro atoms. The summed E-state index contributed by atoms with van der Waals surface area (Å²) < 4.78 is 1.81. The zero-order valence-corrected chi connectivity index (χ0v) is 15.4. The van der Waals surface area contributed by atoms with Gasteiger partial charge in [0.25, 0.3) is 5.91 Å². The number of aromatic nitrogens is 2. The fourth-order valence-corrected chi connectivity index (χ4v) is 2.52. The average Bonchev–Trinajstić information content (AvgIpc) is 2.97. The molecule has 0 atom stereocenters. The van der Waals surface area contributed by atoms with Crippen LogP contribution in [0.3, 0.4) is 0 Å². The number of halogens is 1. The SMILES string of the molecule is CNCCCNC(=O)c1cn(C(C)(C)C)nc1-c1ccccc1Cl. The predicted octanol–water partition coefficient (Wildman–Crippen LogP) is 3.30. The van der Waals surface area contributed by atoms with E-state index in [9.17, 15) is 4.79 Å². The van der Waals surface area contributed by atoms with Crippen LogP contribution >= 0.6 is 11.6 Å². The summed E-state index contributed by atoms with van der Waals surface area (Å²) in [5, 5.41) is 11.2. The van der Waals surface area contributed by atoms with Crippen molar-refractivity contribution in [2.75, 3.05) is 20.1 Å². The third-order valence-electron chi connectivity index (χ3n) is 3.66. The quantitative estimate of drug-likeness (QED) is 0.787. The number of nitrogens with one attached hydrogen (secondary N) is 2. The van der Waals surface area contributed by atoms with Crippen LogP contribution in [-0.2, 0) is 5.54 Å². The minimum absolute atomic E-state index is 0.128. The Labute approximate surface area is 148 Å². The second-order valence-electron chi connectivity index (χ2n) is 6.70. The molecule has 0 aliphatic rings. The molecule has 1 aromatic heterocycles. The summed E-state index contributed by atoms with van der Waals surface area (Å²) in [4.78, 5) is 12.6. The lowest BCUT2D eigenvalue weighted by atomic mass is 10.1. The first-order valence-corrected chi connectivity index (χ1v) is 8.50. The van der Waals surface area contributed by atoms with Crippen molar-refractivity contribution in [3.05, 3.63) is 41.0 Å². The Kier molecular flexibility index (Phi) is 6.02. The topological polar surface area (TPSA) is 58.9 Å². The molecular formula is C18H25ClN4O. The van der Waals surface area contributed by atoms with Gasteiger partial charge in [-0.15, -0.1) is 0 Å². The minimum Gasteiger partial charge on any atom is -0.352 e. The Morgan fingerprint density at radius 1 is 1.25 bits per heavy atom. The summed E-state index contributed by atoms with van der Waals surface area (Å²) in [5.41, 5.74) is 1.70. The van der Waals surface area contributed by atoms with E-state index >= 15 is 0 Å². The van der Waals surface area contributed by atoms with Crippen molar-refractivity contribution in [1.82, 2.24) is 20.4 Å². The lowest BCUT2D eigenvalue weighted by molar-refractivity contribution is 0.0953. The highest BCUT2D eigenvalue weighted by Crippen LogP contribution is 2.30. The maximum Gasteiger partial charge on any atom is 0.255 e. The van der Waals surface area contributed by atoms with Crippen LogP contribution in [0.5, 0.6) is 0 Å². The highest BCUT2D eigenvalue weighted by atomic mass is 35.5. The molecule has 1 heterocycles. The molecule has 0 bridgehead atoms. The molecule has 24 heavy (non-hydrogen) atoms. The number of rotatable bonds is 6. The van der Waals surface area contributed by atoms with Crippen LogP contribution < -0.4 is 10.6 Å². The second kappa shape index (κ2) is 7.81. The van der Waals surface area contributed by atoms with E-state index in [-0.39, 0.29) is 11.4 Å². The molecule has 0 saturated heterocycles. The number of amides is 1. The van der Waals surface area contributed by atoms with Crippen molar-refractivity contribution >= 4 is 17.5 Å². The largest absolute Gasteiger partial charge is 0.352 e. The first-order chi connectivity index (χ1) is 11.3. The minimum atomic E-state index is -0.222. The summed E-state index contributed by atoms with van der Waals surface area (Å²) >= 11 is 6.32. The molecule has 0 unspecified atom stereocenters. The molecule has 0 fully saturated rings. The lowest BCUT2D eigenvalue weighted by Crippen LogP contribution is -2.27. The summed E-state index contributed by atoms with van der Waals surface area (Å²) in [7, 11) is 1.89. The van der Waals surface area contributed by atoms with Gasteiger partial charge in [0.1, 0.15) is 5.69 Å². The van der Waals surface area contributed by atoms with Crippen molar-refractivity contribution in [3.8, 4) is 11.3 Å². The van der Waals surface area contributed by atoms with Gasteiger partial charge in [-0.2, -0.15) is 5.10 Å². The summed E-state index contributed by atoms with van der Waals surface area (Å²) in [6.45, 7) is 7.61. The number of benzene rings is 1. The third-order valence-corrected chi connectivity index (χ3v) is 3.99. The first kappa shape index (κ1) is 18.5. The monoisotopic (exact) mass is 348 g/mol. The van der Waals surface area contributed by atoms with Crippen molar-refractivity contribution in [2.24, 2.45) is 0 Å². The van der Waals surface area contributed by atoms with Crippen LogP contribution in [0.1, 0.15) is 37.6 Å². The van der Waals surface area contributed by atoms with Crippen molar-refractivity contribution in [1.29, 1.82) is 0 Å². The molecule has 0 radical (unpaired) electrons. The summed E-state index contributed by atoms with van der Waals surface area (Å²) in [5.74, 6) is -0.128. The van der Waals surface area contributed by atoms with Gasteiger partial charge in [-0.3, -0.25) is 9.48 Å². The summed E-state index contributed by atoms with van der Waals surface area (Å²) in [6, 6.07) is 7.45. The van der Waals surface area contributed by atoms with Gasteiger partial charge < -0.3 is 10.6 Å². The molecule has 1 aromatic carbocycles. The second-order valence-corrected chi connectivity index (χ2v) is 7.11. The fraction of sp³-hybridized carbons (Fsp3) is 0.444. The standard InChI is InChI=1S/C18H25ClN4O/c1-18(2,3)23-12-14(17(24)21-11-7-10-20-4)16(22-23)13-8-5-6-9-15(13)19/h5-6,8-9,12,20H,7,10-11H2,1-4H3,(H,21,24).